The second-order valence-corrected chi connectivity index (χ2v) is 15.3. The Labute approximate surface area is 354 Å². The first-order valence-corrected chi connectivity index (χ1v) is 20.6. The number of para-hydroxylation sites is 1. The minimum atomic E-state index is 0.617. The van der Waals surface area contributed by atoms with Crippen LogP contribution in [0.25, 0.3) is 106 Å². The maximum Gasteiger partial charge on any atom is 0.164 e. The van der Waals surface area contributed by atoms with E-state index in [4.69, 9.17) is 15.0 Å². The molecule has 0 amide bonds. The van der Waals surface area contributed by atoms with Gasteiger partial charge in [0.1, 0.15) is 0 Å². The van der Waals surface area contributed by atoms with Crippen molar-refractivity contribution in [3.05, 3.63) is 231 Å². The fourth-order valence-corrected chi connectivity index (χ4v) is 8.37. The third-order valence-corrected chi connectivity index (χ3v) is 11.5. The normalized spacial score (nSPS) is 11.3. The van der Waals surface area contributed by atoms with Gasteiger partial charge in [-0.15, -0.1) is 0 Å². The van der Waals surface area contributed by atoms with Crippen molar-refractivity contribution in [2.24, 2.45) is 0 Å². The van der Waals surface area contributed by atoms with Crippen LogP contribution in [0.3, 0.4) is 0 Å². The van der Waals surface area contributed by atoms with Crippen LogP contribution in [-0.4, -0.2) is 19.5 Å². The van der Waals surface area contributed by atoms with Gasteiger partial charge in [0.05, 0.1) is 11.0 Å². The Morgan fingerprint density at radius 3 is 1.08 bits per heavy atom. The van der Waals surface area contributed by atoms with Crippen molar-refractivity contribution in [1.29, 1.82) is 0 Å². The lowest BCUT2D eigenvalue weighted by molar-refractivity contribution is 1.07. The molecular weight excluding hydrogens is 741 g/mol. The van der Waals surface area contributed by atoms with Gasteiger partial charge in [0.2, 0.25) is 0 Å². The Bertz CT molecular complexity index is 3250. The molecule has 286 valence electrons. The molecule has 0 spiro atoms. The average molecular weight is 779 g/mol. The van der Waals surface area contributed by atoms with E-state index in [1.54, 1.807) is 0 Å². The molecule has 0 saturated carbocycles. The van der Waals surface area contributed by atoms with E-state index in [9.17, 15) is 0 Å². The first-order valence-electron chi connectivity index (χ1n) is 20.6. The molecule has 4 nitrogen and oxygen atoms in total. The van der Waals surface area contributed by atoms with Crippen molar-refractivity contribution < 1.29 is 0 Å². The SMILES string of the molecule is c1ccc(-c2ccc(-c3ccc(-c4nc(-c5ccccc5)nc(-c5ccc6c7ccccc7n(-c7cc(-c8ccccc8)cc(-c8ccccc8)c7)c6c5)n4)cc3)cc2)cc1. The van der Waals surface area contributed by atoms with Crippen LogP contribution in [-0.2, 0) is 0 Å². The zero-order chi connectivity index (χ0) is 40.5. The molecule has 0 aliphatic heterocycles. The fraction of sp³-hybridized carbons (Fsp3) is 0. The summed E-state index contributed by atoms with van der Waals surface area (Å²) in [5, 5.41) is 2.35. The van der Waals surface area contributed by atoms with Crippen molar-refractivity contribution in [3.8, 4) is 84.4 Å². The maximum absolute atomic E-state index is 5.19. The Morgan fingerprint density at radius 2 is 0.574 bits per heavy atom. The third kappa shape index (κ3) is 6.96. The van der Waals surface area contributed by atoms with Crippen LogP contribution < -0.4 is 0 Å². The highest BCUT2D eigenvalue weighted by atomic mass is 15.0. The molecule has 0 atom stereocenters. The summed E-state index contributed by atoms with van der Waals surface area (Å²) in [6.45, 7) is 0. The van der Waals surface area contributed by atoms with Gasteiger partial charge in [0.15, 0.2) is 17.5 Å². The van der Waals surface area contributed by atoms with E-state index in [0.717, 1.165) is 61.1 Å². The number of fused-ring (bicyclic) bond motifs is 3. The summed E-state index contributed by atoms with van der Waals surface area (Å²) in [5.41, 5.74) is 15.4. The number of hydrogen-bond acceptors (Lipinski definition) is 3. The van der Waals surface area contributed by atoms with Crippen molar-refractivity contribution in [2.75, 3.05) is 0 Å². The molecule has 4 heteroatoms. The van der Waals surface area contributed by atoms with Crippen molar-refractivity contribution in [2.45, 2.75) is 0 Å². The largest absolute Gasteiger partial charge is 0.309 e. The van der Waals surface area contributed by atoms with E-state index < -0.39 is 0 Å². The topological polar surface area (TPSA) is 43.6 Å². The summed E-state index contributed by atoms with van der Waals surface area (Å²) < 4.78 is 2.39. The highest BCUT2D eigenvalue weighted by molar-refractivity contribution is 6.10. The highest BCUT2D eigenvalue weighted by Crippen LogP contribution is 2.38. The molecule has 61 heavy (non-hydrogen) atoms. The summed E-state index contributed by atoms with van der Waals surface area (Å²) in [4.78, 5) is 15.4. The Morgan fingerprint density at radius 1 is 0.230 bits per heavy atom. The number of rotatable bonds is 8. The van der Waals surface area contributed by atoms with E-state index in [1.807, 2.05) is 24.3 Å². The van der Waals surface area contributed by atoms with Gasteiger partial charge in [-0.3, -0.25) is 0 Å². The average Bonchev–Trinajstić information content (AvgIpc) is 3.68. The number of benzene rings is 9. The Balaban J connectivity index is 1.04. The van der Waals surface area contributed by atoms with Gasteiger partial charge < -0.3 is 4.57 Å². The highest BCUT2D eigenvalue weighted by Gasteiger charge is 2.18. The first-order chi connectivity index (χ1) is 30.2. The molecule has 0 bridgehead atoms. The van der Waals surface area contributed by atoms with Crippen LogP contribution in [0.15, 0.2) is 231 Å². The summed E-state index contributed by atoms with van der Waals surface area (Å²) >= 11 is 0. The summed E-state index contributed by atoms with van der Waals surface area (Å²) in [7, 11) is 0. The number of hydrogen-bond donors (Lipinski definition) is 0. The maximum atomic E-state index is 5.19. The smallest absolute Gasteiger partial charge is 0.164 e. The van der Waals surface area contributed by atoms with E-state index >= 15 is 0 Å². The van der Waals surface area contributed by atoms with Gasteiger partial charge in [0.25, 0.3) is 0 Å². The standard InChI is InChI=1S/C57H38N4/c1-5-15-39(16-6-1)42-25-27-43(28-26-42)44-29-31-46(32-30-44)56-58-55(45-21-11-4-12-22-45)59-57(60-56)47-33-34-52-51-23-13-14-24-53(51)61(54(52)38-47)50-36-48(40-17-7-2-8-18-40)35-49(37-50)41-19-9-3-10-20-41/h1-38H. The summed E-state index contributed by atoms with van der Waals surface area (Å²) in [6.07, 6.45) is 0. The van der Waals surface area contributed by atoms with Gasteiger partial charge >= 0.3 is 0 Å². The molecule has 0 unspecified atom stereocenters. The van der Waals surface area contributed by atoms with E-state index in [-0.39, 0.29) is 0 Å². The fourth-order valence-electron chi connectivity index (χ4n) is 8.37. The van der Waals surface area contributed by atoms with Gasteiger partial charge in [-0.05, 0) is 74.8 Å². The molecule has 0 N–H and O–H groups in total. The van der Waals surface area contributed by atoms with Crippen LogP contribution in [0, 0.1) is 0 Å². The van der Waals surface area contributed by atoms with Crippen molar-refractivity contribution in [1.82, 2.24) is 19.5 Å². The van der Waals surface area contributed by atoms with Crippen LogP contribution in [0.4, 0.5) is 0 Å². The monoisotopic (exact) mass is 778 g/mol. The Kier molecular flexibility index (Phi) is 9.14. The second-order valence-electron chi connectivity index (χ2n) is 15.3. The number of aromatic nitrogens is 4. The minimum Gasteiger partial charge on any atom is -0.309 e. The zero-order valence-corrected chi connectivity index (χ0v) is 33.2. The molecule has 0 radical (unpaired) electrons. The van der Waals surface area contributed by atoms with Crippen LogP contribution in [0.1, 0.15) is 0 Å². The molecule has 0 fully saturated rings. The molecule has 2 heterocycles. The first kappa shape index (κ1) is 35.9. The minimum absolute atomic E-state index is 0.617. The summed E-state index contributed by atoms with van der Waals surface area (Å²) in [6, 6.07) is 81.3. The molecule has 0 aliphatic carbocycles. The molecule has 11 aromatic rings. The molecular formula is C57H38N4. The number of nitrogens with zero attached hydrogens (tertiary/aromatic N) is 4. The molecule has 2 aromatic heterocycles. The lowest BCUT2D eigenvalue weighted by Gasteiger charge is -2.14. The lowest BCUT2D eigenvalue weighted by Crippen LogP contribution is -2.00. The second kappa shape index (κ2) is 15.5. The van der Waals surface area contributed by atoms with E-state index in [2.05, 4.69) is 211 Å². The molecule has 0 saturated heterocycles. The van der Waals surface area contributed by atoms with Crippen molar-refractivity contribution >= 4 is 21.8 Å². The Hall–Kier alpha value is -8.21. The van der Waals surface area contributed by atoms with Crippen LogP contribution in [0.5, 0.6) is 0 Å². The quantitative estimate of drug-likeness (QED) is 0.154. The summed E-state index contributed by atoms with van der Waals surface area (Å²) in [5.74, 6) is 1.87. The molecule has 9 aromatic carbocycles. The molecule has 11 rings (SSSR count). The van der Waals surface area contributed by atoms with Crippen LogP contribution in [0.2, 0.25) is 0 Å². The van der Waals surface area contributed by atoms with Gasteiger partial charge in [-0.2, -0.15) is 0 Å². The molecule has 0 aliphatic rings. The van der Waals surface area contributed by atoms with E-state index in [0.29, 0.717) is 17.5 Å². The predicted molar refractivity (Wildman–Crippen MR) is 252 cm³/mol. The third-order valence-electron chi connectivity index (χ3n) is 11.5. The van der Waals surface area contributed by atoms with Gasteiger partial charge in [-0.1, -0.05) is 200 Å². The van der Waals surface area contributed by atoms with Crippen LogP contribution >= 0.6 is 0 Å². The van der Waals surface area contributed by atoms with E-state index in [1.165, 1.54) is 27.6 Å². The predicted octanol–water partition coefficient (Wildman–Crippen LogP) is 14.6. The van der Waals surface area contributed by atoms with Gasteiger partial charge in [0, 0.05) is 33.2 Å². The zero-order valence-electron chi connectivity index (χ0n) is 33.2. The van der Waals surface area contributed by atoms with Crippen molar-refractivity contribution in [3.63, 3.8) is 0 Å². The lowest BCUT2D eigenvalue weighted by atomic mass is 9.98. The van der Waals surface area contributed by atoms with Gasteiger partial charge in [-0.25, -0.2) is 15.0 Å².